The molecule has 0 spiro atoms. The van der Waals surface area contributed by atoms with Crippen molar-refractivity contribution in [2.45, 2.75) is 19.3 Å². The number of para-hydroxylation sites is 1. The van der Waals surface area contributed by atoms with Crippen molar-refractivity contribution in [3.05, 3.63) is 81.8 Å². The summed E-state index contributed by atoms with van der Waals surface area (Å²) in [5, 5.41) is 18.2. The number of nitro benzene ring substituents is 1. The van der Waals surface area contributed by atoms with E-state index in [9.17, 15) is 19.3 Å². The third kappa shape index (κ3) is 5.25. The van der Waals surface area contributed by atoms with Crippen LogP contribution in [0.1, 0.15) is 17.7 Å². The normalized spacial score (nSPS) is 10.7. The van der Waals surface area contributed by atoms with E-state index in [0.29, 0.717) is 36.2 Å². The number of carbonyl (C=O) groups is 1. The number of hydrogen-bond donors (Lipinski definition) is 1. The maximum Gasteiger partial charge on any atom is 0.273 e. The van der Waals surface area contributed by atoms with E-state index in [1.54, 1.807) is 42.3 Å². The van der Waals surface area contributed by atoms with Crippen molar-refractivity contribution in [2.24, 2.45) is 0 Å². The molecule has 0 fully saturated rings. The van der Waals surface area contributed by atoms with Crippen LogP contribution in [0.15, 0.2) is 54.6 Å². The lowest BCUT2D eigenvalue weighted by Gasteiger charge is -2.17. The summed E-state index contributed by atoms with van der Waals surface area (Å²) in [7, 11) is 1.68. The highest BCUT2D eigenvalue weighted by molar-refractivity contribution is 5.79. The average molecular weight is 396 g/mol. The molecule has 0 aliphatic carbocycles. The van der Waals surface area contributed by atoms with Gasteiger partial charge in [-0.3, -0.25) is 20.0 Å². The number of H-pyrrole nitrogens is 1. The molecule has 0 radical (unpaired) electrons. The number of rotatable bonds is 8. The Hall–Kier alpha value is -3.55. The van der Waals surface area contributed by atoms with Crippen molar-refractivity contribution in [1.29, 1.82) is 0 Å². The van der Waals surface area contributed by atoms with Gasteiger partial charge in [-0.15, -0.1) is 0 Å². The summed E-state index contributed by atoms with van der Waals surface area (Å²) >= 11 is 0. The third-order valence-electron chi connectivity index (χ3n) is 4.65. The van der Waals surface area contributed by atoms with Gasteiger partial charge in [0.1, 0.15) is 5.82 Å². The second kappa shape index (κ2) is 9.09. The number of aryl methyl sites for hydroxylation is 1. The highest BCUT2D eigenvalue weighted by Gasteiger charge is 2.17. The molecule has 0 atom stereocenters. The molecule has 0 unspecified atom stereocenters. The molecule has 1 amide bonds. The van der Waals surface area contributed by atoms with Crippen LogP contribution in [0, 0.1) is 15.9 Å². The van der Waals surface area contributed by atoms with Crippen molar-refractivity contribution in [2.75, 3.05) is 13.6 Å². The second-order valence-corrected chi connectivity index (χ2v) is 6.77. The van der Waals surface area contributed by atoms with Gasteiger partial charge in [0.25, 0.3) is 5.69 Å². The van der Waals surface area contributed by atoms with Crippen LogP contribution in [0.4, 0.5) is 10.1 Å². The zero-order chi connectivity index (χ0) is 20.8. The van der Waals surface area contributed by atoms with Crippen molar-refractivity contribution in [3.63, 3.8) is 0 Å². The Morgan fingerprint density at radius 1 is 1.21 bits per heavy atom. The first kappa shape index (κ1) is 20.2. The maximum absolute atomic E-state index is 13.3. The number of aromatic amines is 1. The smallest absolute Gasteiger partial charge is 0.273 e. The first-order chi connectivity index (χ1) is 13.9. The van der Waals surface area contributed by atoms with Crippen LogP contribution >= 0.6 is 0 Å². The molecular formula is C21H21FN4O3. The molecule has 7 nitrogen and oxygen atoms in total. The number of nitrogens with zero attached hydrogens (tertiary/aromatic N) is 3. The summed E-state index contributed by atoms with van der Waals surface area (Å²) in [5.74, 6) is -0.491. The Balaban J connectivity index is 1.52. The lowest BCUT2D eigenvalue weighted by atomic mass is 10.1. The van der Waals surface area contributed by atoms with Crippen LogP contribution in [-0.4, -0.2) is 39.5 Å². The van der Waals surface area contributed by atoms with Crippen LogP contribution in [0.25, 0.3) is 11.3 Å². The van der Waals surface area contributed by atoms with Gasteiger partial charge in [0.05, 0.1) is 17.0 Å². The van der Waals surface area contributed by atoms with Gasteiger partial charge in [-0.1, -0.05) is 30.3 Å². The predicted molar refractivity (Wildman–Crippen MR) is 107 cm³/mol. The minimum atomic E-state index is -0.475. The summed E-state index contributed by atoms with van der Waals surface area (Å²) in [5.41, 5.74) is 2.62. The summed E-state index contributed by atoms with van der Waals surface area (Å²) in [6.07, 6.45) is 1.36. The van der Waals surface area contributed by atoms with E-state index in [1.807, 2.05) is 6.07 Å². The van der Waals surface area contributed by atoms with Crippen LogP contribution in [0.2, 0.25) is 0 Å². The number of aromatic nitrogens is 2. The van der Waals surface area contributed by atoms with Gasteiger partial charge in [0.2, 0.25) is 5.91 Å². The molecule has 0 saturated carbocycles. The zero-order valence-corrected chi connectivity index (χ0v) is 16.0. The summed E-state index contributed by atoms with van der Waals surface area (Å²) in [6.45, 7) is 0.508. The number of halogens is 1. The lowest BCUT2D eigenvalue weighted by molar-refractivity contribution is -0.385. The molecule has 3 aromatic rings. The number of nitrogens with one attached hydrogen (secondary N) is 1. The Labute approximate surface area is 167 Å². The topological polar surface area (TPSA) is 92.1 Å². The molecule has 1 N–H and O–H groups in total. The number of carbonyl (C=O) groups excluding carboxylic acids is 1. The second-order valence-electron chi connectivity index (χ2n) is 6.77. The van der Waals surface area contributed by atoms with Gasteiger partial charge in [-0.05, 0) is 31.0 Å². The van der Waals surface area contributed by atoms with Crippen LogP contribution in [-0.2, 0) is 17.6 Å². The van der Waals surface area contributed by atoms with Crippen molar-refractivity contribution in [1.82, 2.24) is 15.1 Å². The van der Waals surface area contributed by atoms with Gasteiger partial charge in [0.15, 0.2) is 0 Å². The van der Waals surface area contributed by atoms with E-state index in [1.165, 1.54) is 18.2 Å². The van der Waals surface area contributed by atoms with Gasteiger partial charge < -0.3 is 4.90 Å². The molecular weight excluding hydrogens is 375 g/mol. The molecule has 2 aromatic carbocycles. The van der Waals surface area contributed by atoms with E-state index in [2.05, 4.69) is 10.2 Å². The van der Waals surface area contributed by atoms with E-state index in [4.69, 9.17) is 0 Å². The fraction of sp³-hybridized carbons (Fsp3) is 0.238. The number of amides is 1. The fourth-order valence-electron chi connectivity index (χ4n) is 3.05. The largest absolute Gasteiger partial charge is 0.345 e. The highest BCUT2D eigenvalue weighted by atomic mass is 19.1. The van der Waals surface area contributed by atoms with Gasteiger partial charge in [-0.25, -0.2) is 4.39 Å². The Kier molecular flexibility index (Phi) is 6.33. The molecule has 8 heteroatoms. The summed E-state index contributed by atoms with van der Waals surface area (Å²) in [6, 6.07) is 14.4. The summed E-state index contributed by atoms with van der Waals surface area (Å²) in [4.78, 5) is 24.6. The fourth-order valence-corrected chi connectivity index (χ4v) is 3.05. The Morgan fingerprint density at radius 3 is 2.76 bits per heavy atom. The summed E-state index contributed by atoms with van der Waals surface area (Å²) < 4.78 is 13.3. The predicted octanol–water partition coefficient (Wildman–Crippen LogP) is 3.76. The molecule has 1 heterocycles. The minimum absolute atomic E-state index is 0.0125. The molecule has 1 aromatic heterocycles. The van der Waals surface area contributed by atoms with Crippen LogP contribution in [0.5, 0.6) is 0 Å². The van der Waals surface area contributed by atoms with E-state index >= 15 is 0 Å². The molecule has 0 saturated heterocycles. The van der Waals surface area contributed by atoms with Crippen molar-refractivity contribution >= 4 is 11.6 Å². The number of benzene rings is 2. The van der Waals surface area contributed by atoms with Crippen molar-refractivity contribution < 1.29 is 14.1 Å². The van der Waals surface area contributed by atoms with Crippen molar-refractivity contribution in [3.8, 4) is 11.3 Å². The molecule has 0 aliphatic heterocycles. The Bertz CT molecular complexity index is 1020. The van der Waals surface area contributed by atoms with Gasteiger partial charge in [-0.2, -0.15) is 5.10 Å². The quantitative estimate of drug-likeness (QED) is 0.464. The van der Waals surface area contributed by atoms with E-state index in [0.717, 1.165) is 5.69 Å². The van der Waals surface area contributed by atoms with Crippen LogP contribution < -0.4 is 0 Å². The van der Waals surface area contributed by atoms with Crippen LogP contribution in [0.3, 0.4) is 0 Å². The first-order valence-corrected chi connectivity index (χ1v) is 9.20. The lowest BCUT2D eigenvalue weighted by Crippen LogP contribution is -2.29. The van der Waals surface area contributed by atoms with E-state index < -0.39 is 4.92 Å². The van der Waals surface area contributed by atoms with Gasteiger partial charge in [0, 0.05) is 36.5 Å². The van der Waals surface area contributed by atoms with E-state index in [-0.39, 0.29) is 23.8 Å². The zero-order valence-electron chi connectivity index (χ0n) is 16.0. The first-order valence-electron chi connectivity index (χ1n) is 9.20. The van der Waals surface area contributed by atoms with Gasteiger partial charge >= 0.3 is 0 Å². The third-order valence-corrected chi connectivity index (χ3v) is 4.65. The highest BCUT2D eigenvalue weighted by Crippen LogP contribution is 2.20. The maximum atomic E-state index is 13.3. The Morgan fingerprint density at radius 2 is 2.00 bits per heavy atom. The number of hydrogen-bond acceptors (Lipinski definition) is 4. The standard InChI is InChI=1S/C21H21FN4O3/c1-25(21(27)13-16-6-2-3-10-20(16)26(28)29)11-5-9-18-14-19(24-23-18)15-7-4-8-17(22)12-15/h2-4,6-8,10,12,14H,5,9,11,13H2,1H3,(H,23,24). The SMILES string of the molecule is CN(CCCc1cc(-c2cccc(F)c2)n[nH]1)C(=O)Cc1ccccc1[N+](=O)[O-]. The molecule has 29 heavy (non-hydrogen) atoms. The molecule has 0 aliphatic rings. The average Bonchev–Trinajstić information content (AvgIpc) is 3.17. The molecule has 0 bridgehead atoms. The molecule has 3 rings (SSSR count). The number of nitro groups is 1. The minimum Gasteiger partial charge on any atom is -0.345 e. The number of likely N-dealkylation sites (N-methyl/N-ethyl adjacent to an activating group) is 1. The monoisotopic (exact) mass is 396 g/mol. The molecule has 150 valence electrons.